The Bertz CT molecular complexity index is 528. The van der Waals surface area contributed by atoms with Gasteiger partial charge in [-0.15, -0.1) is 0 Å². The first-order valence-corrected chi connectivity index (χ1v) is 9.01. The van der Waals surface area contributed by atoms with E-state index in [-0.39, 0.29) is 5.82 Å². The van der Waals surface area contributed by atoms with Gasteiger partial charge in [0.2, 0.25) is 0 Å². The van der Waals surface area contributed by atoms with Crippen LogP contribution in [-0.2, 0) is 6.42 Å². The summed E-state index contributed by atoms with van der Waals surface area (Å²) in [6.07, 6.45) is 4.28. The summed E-state index contributed by atoms with van der Waals surface area (Å²) in [4.78, 5) is 4.83. The van der Waals surface area contributed by atoms with Crippen molar-refractivity contribution in [2.75, 3.05) is 46.4 Å². The first kappa shape index (κ1) is 17.0. The second kappa shape index (κ2) is 7.82. The molecule has 0 spiro atoms. The summed E-state index contributed by atoms with van der Waals surface area (Å²) >= 11 is 6.20. The SMILES string of the molecule is CN1CCN(CCCc2cc(F)cc(Cl)c2OCC2CC2)CC1. The number of benzene rings is 1. The molecule has 5 heteroatoms. The van der Waals surface area contributed by atoms with E-state index in [1.54, 1.807) is 6.07 Å². The van der Waals surface area contributed by atoms with Gasteiger partial charge < -0.3 is 14.5 Å². The highest BCUT2D eigenvalue weighted by atomic mass is 35.5. The van der Waals surface area contributed by atoms with Crippen LogP contribution in [-0.4, -0.2) is 56.2 Å². The van der Waals surface area contributed by atoms with Crippen LogP contribution >= 0.6 is 11.6 Å². The average molecular weight is 341 g/mol. The summed E-state index contributed by atoms with van der Waals surface area (Å²) in [5.41, 5.74) is 0.907. The minimum Gasteiger partial charge on any atom is -0.491 e. The molecule has 0 bridgehead atoms. The summed E-state index contributed by atoms with van der Waals surface area (Å²) in [6.45, 7) is 6.24. The number of nitrogens with zero attached hydrogens (tertiary/aromatic N) is 2. The molecule has 3 nitrogen and oxygen atoms in total. The Labute approximate surface area is 143 Å². The fraction of sp³-hybridized carbons (Fsp3) is 0.667. The van der Waals surface area contributed by atoms with Crippen molar-refractivity contribution in [2.45, 2.75) is 25.7 Å². The van der Waals surface area contributed by atoms with Crippen molar-refractivity contribution in [1.29, 1.82) is 0 Å². The van der Waals surface area contributed by atoms with Crippen molar-refractivity contribution in [3.05, 3.63) is 28.5 Å². The molecule has 0 N–H and O–H groups in total. The molecule has 2 aliphatic rings. The molecular formula is C18H26ClFN2O. The fourth-order valence-corrected chi connectivity index (χ4v) is 3.29. The summed E-state index contributed by atoms with van der Waals surface area (Å²) in [7, 11) is 2.16. The lowest BCUT2D eigenvalue weighted by Crippen LogP contribution is -2.44. The maximum Gasteiger partial charge on any atom is 0.141 e. The molecule has 0 amide bonds. The molecule has 3 rings (SSSR count). The van der Waals surface area contributed by atoms with Gasteiger partial charge in [0.25, 0.3) is 0 Å². The van der Waals surface area contributed by atoms with Gasteiger partial charge >= 0.3 is 0 Å². The number of halogens is 2. The van der Waals surface area contributed by atoms with E-state index in [1.165, 1.54) is 18.9 Å². The maximum absolute atomic E-state index is 13.7. The van der Waals surface area contributed by atoms with Crippen LogP contribution in [0.5, 0.6) is 5.75 Å². The molecule has 0 radical (unpaired) electrons. The van der Waals surface area contributed by atoms with Crippen LogP contribution in [0.4, 0.5) is 4.39 Å². The summed E-state index contributed by atoms with van der Waals surface area (Å²) in [6, 6.07) is 2.94. The van der Waals surface area contributed by atoms with E-state index >= 15 is 0 Å². The van der Waals surface area contributed by atoms with Gasteiger partial charge in [0, 0.05) is 26.2 Å². The van der Waals surface area contributed by atoms with Gasteiger partial charge in [-0.2, -0.15) is 0 Å². The third-order valence-corrected chi connectivity index (χ3v) is 5.04. The van der Waals surface area contributed by atoms with Gasteiger partial charge in [0.15, 0.2) is 0 Å². The van der Waals surface area contributed by atoms with Crippen molar-refractivity contribution in [2.24, 2.45) is 5.92 Å². The zero-order valence-corrected chi connectivity index (χ0v) is 14.6. The number of hydrogen-bond donors (Lipinski definition) is 0. The van der Waals surface area contributed by atoms with Crippen LogP contribution in [0.2, 0.25) is 5.02 Å². The minimum absolute atomic E-state index is 0.275. The highest BCUT2D eigenvalue weighted by molar-refractivity contribution is 6.32. The maximum atomic E-state index is 13.7. The molecule has 0 unspecified atom stereocenters. The molecule has 1 aliphatic heterocycles. The lowest BCUT2D eigenvalue weighted by atomic mass is 10.1. The quantitative estimate of drug-likeness (QED) is 0.756. The van der Waals surface area contributed by atoms with Crippen LogP contribution in [0.3, 0.4) is 0 Å². The molecule has 0 aromatic heterocycles. The second-order valence-corrected chi connectivity index (χ2v) is 7.29. The normalized spacial score (nSPS) is 20.0. The first-order chi connectivity index (χ1) is 11.1. The Morgan fingerprint density at radius 1 is 1.22 bits per heavy atom. The molecule has 128 valence electrons. The van der Waals surface area contributed by atoms with E-state index < -0.39 is 0 Å². The highest BCUT2D eigenvalue weighted by Crippen LogP contribution is 2.34. The lowest BCUT2D eigenvalue weighted by molar-refractivity contribution is 0.153. The van der Waals surface area contributed by atoms with Crippen molar-refractivity contribution in [3.8, 4) is 5.75 Å². The minimum atomic E-state index is -0.275. The zero-order valence-electron chi connectivity index (χ0n) is 13.9. The molecule has 2 fully saturated rings. The summed E-state index contributed by atoms with van der Waals surface area (Å²) in [5, 5.41) is 0.403. The number of rotatable bonds is 7. The van der Waals surface area contributed by atoms with E-state index in [4.69, 9.17) is 16.3 Å². The molecule has 0 atom stereocenters. The van der Waals surface area contributed by atoms with E-state index in [2.05, 4.69) is 16.8 Å². The summed E-state index contributed by atoms with van der Waals surface area (Å²) < 4.78 is 19.6. The molecular weight excluding hydrogens is 315 g/mol. The number of likely N-dealkylation sites (N-methyl/N-ethyl adjacent to an activating group) is 1. The fourth-order valence-electron chi connectivity index (χ4n) is 3.01. The van der Waals surface area contributed by atoms with E-state index in [0.717, 1.165) is 51.1 Å². The molecule has 1 aromatic carbocycles. The zero-order chi connectivity index (χ0) is 16.2. The van der Waals surface area contributed by atoms with Crippen molar-refractivity contribution < 1.29 is 9.13 Å². The van der Waals surface area contributed by atoms with Crippen LogP contribution in [0.1, 0.15) is 24.8 Å². The average Bonchev–Trinajstić information content (AvgIpc) is 3.32. The van der Waals surface area contributed by atoms with E-state index in [0.29, 0.717) is 23.3 Å². The molecule has 1 aliphatic carbocycles. The third-order valence-electron chi connectivity index (χ3n) is 4.76. The Balaban J connectivity index is 1.54. The monoisotopic (exact) mass is 340 g/mol. The first-order valence-electron chi connectivity index (χ1n) is 8.63. The van der Waals surface area contributed by atoms with Gasteiger partial charge in [-0.3, -0.25) is 0 Å². The predicted molar refractivity (Wildman–Crippen MR) is 91.9 cm³/mol. The molecule has 1 heterocycles. The van der Waals surface area contributed by atoms with E-state index in [1.807, 2.05) is 0 Å². The number of aryl methyl sites for hydroxylation is 1. The van der Waals surface area contributed by atoms with E-state index in [9.17, 15) is 4.39 Å². The molecule has 1 aromatic rings. The molecule has 23 heavy (non-hydrogen) atoms. The number of piperazine rings is 1. The molecule has 1 saturated carbocycles. The number of hydrogen-bond acceptors (Lipinski definition) is 3. The van der Waals surface area contributed by atoms with Crippen LogP contribution in [0, 0.1) is 11.7 Å². The smallest absolute Gasteiger partial charge is 0.141 e. The Hall–Kier alpha value is -0.840. The lowest BCUT2D eigenvalue weighted by Gasteiger charge is -2.32. The van der Waals surface area contributed by atoms with Gasteiger partial charge in [-0.05, 0) is 62.9 Å². The number of ether oxygens (including phenoxy) is 1. The van der Waals surface area contributed by atoms with Crippen LogP contribution in [0.15, 0.2) is 12.1 Å². The summed E-state index contributed by atoms with van der Waals surface area (Å²) in [5.74, 6) is 1.08. The van der Waals surface area contributed by atoms with Gasteiger partial charge in [0.1, 0.15) is 11.6 Å². The largest absolute Gasteiger partial charge is 0.491 e. The highest BCUT2D eigenvalue weighted by Gasteiger charge is 2.23. The standard InChI is InChI=1S/C18H26ClFN2O/c1-21-7-9-22(10-8-21)6-2-3-15-11-16(20)12-17(19)18(15)23-13-14-4-5-14/h11-12,14H,2-10,13H2,1H3. The molecule has 1 saturated heterocycles. The Kier molecular flexibility index (Phi) is 5.78. The van der Waals surface area contributed by atoms with Gasteiger partial charge in [-0.25, -0.2) is 4.39 Å². The van der Waals surface area contributed by atoms with Crippen molar-refractivity contribution in [1.82, 2.24) is 9.80 Å². The Morgan fingerprint density at radius 3 is 2.65 bits per heavy atom. The second-order valence-electron chi connectivity index (χ2n) is 6.88. The van der Waals surface area contributed by atoms with Gasteiger partial charge in [-0.1, -0.05) is 11.6 Å². The van der Waals surface area contributed by atoms with Crippen LogP contribution < -0.4 is 4.74 Å². The van der Waals surface area contributed by atoms with Gasteiger partial charge in [0.05, 0.1) is 11.6 Å². The Morgan fingerprint density at radius 2 is 1.96 bits per heavy atom. The predicted octanol–water partition coefficient (Wildman–Crippen LogP) is 3.45. The van der Waals surface area contributed by atoms with Crippen molar-refractivity contribution in [3.63, 3.8) is 0 Å². The van der Waals surface area contributed by atoms with Crippen LogP contribution in [0.25, 0.3) is 0 Å². The topological polar surface area (TPSA) is 15.7 Å². The van der Waals surface area contributed by atoms with Crippen molar-refractivity contribution >= 4 is 11.6 Å². The third kappa shape index (κ3) is 5.07.